The quantitative estimate of drug-likeness (QED) is 0.650. The highest BCUT2D eigenvalue weighted by atomic mass is 35.5. The van der Waals surface area contributed by atoms with Crippen molar-refractivity contribution >= 4 is 23.7 Å². The summed E-state index contributed by atoms with van der Waals surface area (Å²) in [6, 6.07) is 0.402. The number of nitrogens with zero attached hydrogens (tertiary/aromatic N) is 2. The first-order chi connectivity index (χ1) is 7.60. The molecule has 0 saturated heterocycles. The topological polar surface area (TPSA) is 54.9 Å². The second-order valence-corrected chi connectivity index (χ2v) is 4.72. The standard InChI is InChI=1S/C11H14ClN3O/c1-6-3-8(4-6)15-11-9(5-16)10(12)13-7(2)14-11/h5-6,8H,3-4H2,1-2H3,(H,13,14,15). The number of aldehydes is 1. The van der Waals surface area contributed by atoms with Crippen LogP contribution in [0.25, 0.3) is 0 Å². The third-order valence-electron chi connectivity index (χ3n) is 2.84. The number of rotatable bonds is 3. The molecule has 2 rings (SSSR count). The lowest BCUT2D eigenvalue weighted by Crippen LogP contribution is -2.34. The molecule has 0 amide bonds. The van der Waals surface area contributed by atoms with Crippen LogP contribution in [0.5, 0.6) is 0 Å². The summed E-state index contributed by atoms with van der Waals surface area (Å²) in [5.74, 6) is 1.88. The number of hydrogen-bond acceptors (Lipinski definition) is 4. The van der Waals surface area contributed by atoms with Crippen molar-refractivity contribution in [3.05, 3.63) is 16.5 Å². The lowest BCUT2D eigenvalue weighted by molar-refractivity contribution is 0.112. The first kappa shape index (κ1) is 11.3. The van der Waals surface area contributed by atoms with Gasteiger partial charge in [-0.3, -0.25) is 4.79 Å². The van der Waals surface area contributed by atoms with Crippen LogP contribution in [0.4, 0.5) is 5.82 Å². The Kier molecular flexibility index (Phi) is 3.10. The number of anilines is 1. The number of nitrogens with one attached hydrogen (secondary N) is 1. The largest absolute Gasteiger partial charge is 0.367 e. The number of aryl methyl sites for hydroxylation is 1. The monoisotopic (exact) mass is 239 g/mol. The minimum absolute atomic E-state index is 0.220. The summed E-state index contributed by atoms with van der Waals surface area (Å²) in [6.45, 7) is 3.96. The van der Waals surface area contributed by atoms with Crippen molar-refractivity contribution in [2.24, 2.45) is 5.92 Å². The van der Waals surface area contributed by atoms with E-state index in [-0.39, 0.29) is 5.15 Å². The Morgan fingerprint density at radius 3 is 2.69 bits per heavy atom. The van der Waals surface area contributed by atoms with E-state index < -0.39 is 0 Å². The van der Waals surface area contributed by atoms with E-state index in [2.05, 4.69) is 22.2 Å². The summed E-state index contributed by atoms with van der Waals surface area (Å²) < 4.78 is 0. The summed E-state index contributed by atoms with van der Waals surface area (Å²) in [5.41, 5.74) is 0.354. The third kappa shape index (κ3) is 2.16. The molecule has 0 radical (unpaired) electrons. The average molecular weight is 240 g/mol. The fourth-order valence-corrected chi connectivity index (χ4v) is 2.23. The zero-order valence-corrected chi connectivity index (χ0v) is 10.1. The molecule has 86 valence electrons. The van der Waals surface area contributed by atoms with E-state index in [1.807, 2.05) is 0 Å². The Morgan fingerprint density at radius 2 is 2.12 bits per heavy atom. The summed E-state index contributed by atoms with van der Waals surface area (Å²) >= 11 is 5.89. The fraction of sp³-hybridized carbons (Fsp3) is 0.545. The van der Waals surface area contributed by atoms with Gasteiger partial charge in [-0.15, -0.1) is 0 Å². The Bertz CT molecular complexity index is 416. The molecule has 16 heavy (non-hydrogen) atoms. The van der Waals surface area contributed by atoms with Crippen LogP contribution in [-0.2, 0) is 0 Å². The molecule has 1 fully saturated rings. The van der Waals surface area contributed by atoms with Crippen LogP contribution < -0.4 is 5.32 Å². The van der Waals surface area contributed by atoms with Crippen molar-refractivity contribution in [3.8, 4) is 0 Å². The maximum absolute atomic E-state index is 10.9. The predicted octanol–water partition coefficient (Wildman–Crippen LogP) is 2.46. The van der Waals surface area contributed by atoms with Crippen molar-refractivity contribution in [1.82, 2.24) is 9.97 Å². The molecule has 1 saturated carbocycles. The molecule has 1 aromatic heterocycles. The second kappa shape index (κ2) is 4.37. The Hall–Kier alpha value is -1.16. The van der Waals surface area contributed by atoms with Gasteiger partial charge in [0.05, 0.1) is 5.56 Å². The minimum atomic E-state index is 0.220. The molecule has 0 aliphatic heterocycles. The van der Waals surface area contributed by atoms with E-state index >= 15 is 0 Å². The zero-order valence-electron chi connectivity index (χ0n) is 9.33. The number of carbonyl (C=O) groups is 1. The first-order valence-electron chi connectivity index (χ1n) is 5.36. The summed E-state index contributed by atoms with van der Waals surface area (Å²) in [7, 11) is 0. The number of halogens is 1. The van der Waals surface area contributed by atoms with Gasteiger partial charge in [0, 0.05) is 6.04 Å². The van der Waals surface area contributed by atoms with E-state index in [1.165, 1.54) is 0 Å². The van der Waals surface area contributed by atoms with Gasteiger partial charge in [0.2, 0.25) is 0 Å². The zero-order chi connectivity index (χ0) is 11.7. The van der Waals surface area contributed by atoms with Gasteiger partial charge in [0.1, 0.15) is 16.8 Å². The Balaban J connectivity index is 2.21. The normalized spacial score (nSPS) is 23.7. The van der Waals surface area contributed by atoms with Crippen LogP contribution in [0, 0.1) is 12.8 Å². The van der Waals surface area contributed by atoms with Crippen molar-refractivity contribution in [1.29, 1.82) is 0 Å². The van der Waals surface area contributed by atoms with E-state index in [1.54, 1.807) is 6.92 Å². The molecule has 1 heterocycles. The molecule has 0 bridgehead atoms. The molecule has 1 aliphatic rings. The van der Waals surface area contributed by atoms with Crippen LogP contribution >= 0.6 is 11.6 Å². The highest BCUT2D eigenvalue weighted by molar-refractivity contribution is 6.32. The maximum Gasteiger partial charge on any atom is 0.156 e. The van der Waals surface area contributed by atoms with E-state index in [4.69, 9.17) is 11.6 Å². The molecule has 1 aromatic rings. The van der Waals surface area contributed by atoms with Gasteiger partial charge in [0.15, 0.2) is 6.29 Å². The predicted molar refractivity (Wildman–Crippen MR) is 63.0 cm³/mol. The molecule has 5 heteroatoms. The summed E-state index contributed by atoms with van der Waals surface area (Å²) in [6.07, 6.45) is 2.92. The van der Waals surface area contributed by atoms with Gasteiger partial charge in [-0.05, 0) is 25.7 Å². The third-order valence-corrected chi connectivity index (χ3v) is 3.13. The molecule has 1 N–H and O–H groups in total. The van der Waals surface area contributed by atoms with E-state index in [9.17, 15) is 4.79 Å². The lowest BCUT2D eigenvalue weighted by Gasteiger charge is -2.33. The lowest BCUT2D eigenvalue weighted by atomic mass is 9.82. The number of hydrogen-bond donors (Lipinski definition) is 1. The molecule has 0 aromatic carbocycles. The van der Waals surface area contributed by atoms with Crippen molar-refractivity contribution in [3.63, 3.8) is 0 Å². The van der Waals surface area contributed by atoms with Crippen molar-refractivity contribution < 1.29 is 4.79 Å². The van der Waals surface area contributed by atoms with Gasteiger partial charge in [-0.2, -0.15) is 0 Å². The SMILES string of the molecule is Cc1nc(Cl)c(C=O)c(NC2CC(C)C2)n1. The molecular weight excluding hydrogens is 226 g/mol. The average Bonchev–Trinajstić information content (AvgIpc) is 2.14. The first-order valence-corrected chi connectivity index (χ1v) is 5.73. The smallest absolute Gasteiger partial charge is 0.156 e. The Morgan fingerprint density at radius 1 is 1.44 bits per heavy atom. The van der Waals surface area contributed by atoms with Crippen LogP contribution in [0.2, 0.25) is 5.15 Å². The summed E-state index contributed by atoms with van der Waals surface area (Å²) in [4.78, 5) is 19.1. The molecule has 0 spiro atoms. The molecule has 0 atom stereocenters. The van der Waals surface area contributed by atoms with E-state index in [0.29, 0.717) is 29.5 Å². The number of aromatic nitrogens is 2. The molecule has 4 nitrogen and oxygen atoms in total. The highest BCUT2D eigenvalue weighted by Crippen LogP contribution is 2.30. The van der Waals surface area contributed by atoms with Crippen molar-refractivity contribution in [2.75, 3.05) is 5.32 Å². The van der Waals surface area contributed by atoms with Crippen LogP contribution in [0.1, 0.15) is 35.9 Å². The van der Waals surface area contributed by atoms with E-state index in [0.717, 1.165) is 18.8 Å². The van der Waals surface area contributed by atoms with Gasteiger partial charge in [0.25, 0.3) is 0 Å². The fourth-order valence-electron chi connectivity index (χ4n) is 1.98. The number of carbonyl (C=O) groups excluding carboxylic acids is 1. The van der Waals surface area contributed by atoms with Crippen LogP contribution in [-0.4, -0.2) is 22.3 Å². The van der Waals surface area contributed by atoms with Crippen LogP contribution in [0.15, 0.2) is 0 Å². The molecule has 0 unspecified atom stereocenters. The molecular formula is C11H14ClN3O. The second-order valence-electron chi connectivity index (χ2n) is 4.36. The Labute approximate surface area is 99.4 Å². The molecule has 1 aliphatic carbocycles. The highest BCUT2D eigenvalue weighted by Gasteiger charge is 2.26. The van der Waals surface area contributed by atoms with Crippen LogP contribution in [0.3, 0.4) is 0 Å². The van der Waals surface area contributed by atoms with Gasteiger partial charge < -0.3 is 5.32 Å². The van der Waals surface area contributed by atoms with Gasteiger partial charge in [-0.25, -0.2) is 9.97 Å². The van der Waals surface area contributed by atoms with Crippen molar-refractivity contribution in [2.45, 2.75) is 32.7 Å². The minimum Gasteiger partial charge on any atom is -0.367 e. The maximum atomic E-state index is 10.9. The van der Waals surface area contributed by atoms with Gasteiger partial charge >= 0.3 is 0 Å². The summed E-state index contributed by atoms with van der Waals surface area (Å²) in [5, 5.41) is 3.46. The van der Waals surface area contributed by atoms with Gasteiger partial charge in [-0.1, -0.05) is 18.5 Å².